The number of halogens is 3. The van der Waals surface area contributed by atoms with Gasteiger partial charge in [0.2, 0.25) is 10.0 Å². The molecule has 0 spiro atoms. The summed E-state index contributed by atoms with van der Waals surface area (Å²) in [5, 5.41) is 21.9. The highest BCUT2D eigenvalue weighted by Crippen LogP contribution is 2.25. The number of carbonyl (C=O) groups is 1. The lowest BCUT2D eigenvalue weighted by molar-refractivity contribution is 0.0164. The maximum atomic E-state index is 14.4. The number of nitrogens with zero attached hydrogens (tertiary/aromatic N) is 1. The predicted molar refractivity (Wildman–Crippen MR) is 106 cm³/mol. The molecule has 0 saturated carbocycles. The molecule has 3 rings (SSSR count). The highest BCUT2D eigenvalue weighted by atomic mass is 35.5. The number of aliphatic hydroxyl groups excluding tert-OH is 2. The molecule has 2 aromatic rings. The Hall–Kier alpha value is -2.11. The molecule has 1 aliphatic rings. The summed E-state index contributed by atoms with van der Waals surface area (Å²) in [5.41, 5.74) is 0.0237. The van der Waals surface area contributed by atoms with Crippen LogP contribution in [-0.4, -0.2) is 54.1 Å². The molecule has 0 aromatic heterocycles. The zero-order valence-electron chi connectivity index (χ0n) is 15.6. The summed E-state index contributed by atoms with van der Waals surface area (Å²) in [5.74, 6) is -2.48. The fourth-order valence-electron chi connectivity index (χ4n) is 3.07. The highest BCUT2D eigenvalue weighted by molar-refractivity contribution is 7.89. The van der Waals surface area contributed by atoms with Crippen molar-refractivity contribution in [3.8, 4) is 0 Å². The molecule has 1 amide bonds. The van der Waals surface area contributed by atoms with Crippen molar-refractivity contribution in [2.45, 2.75) is 29.9 Å². The number of sulfonamides is 1. The first kappa shape index (κ1) is 22.6. The van der Waals surface area contributed by atoms with Gasteiger partial charge in [-0.05, 0) is 49.2 Å². The standard InChI is InChI=1S/C19H19ClF2N2O5S/c20-13-9-12(4-6-14(13)21)23-19(27)11-3-5-15(22)18(8-11)30(28,29)24-7-1-2-16(25)17(26)10-24/h3-6,8-9,16-17,25-26H,1-2,7,10H2,(H,23,27). The average molecular weight is 461 g/mol. The molecule has 0 bridgehead atoms. The fourth-order valence-corrected chi connectivity index (χ4v) is 4.84. The summed E-state index contributed by atoms with van der Waals surface area (Å²) < 4.78 is 54.4. The zero-order valence-corrected chi connectivity index (χ0v) is 17.1. The van der Waals surface area contributed by atoms with Gasteiger partial charge in [0.25, 0.3) is 5.91 Å². The van der Waals surface area contributed by atoms with E-state index in [0.717, 1.165) is 28.6 Å². The van der Waals surface area contributed by atoms with Gasteiger partial charge in [0.05, 0.1) is 17.2 Å². The maximum Gasteiger partial charge on any atom is 0.255 e. The first-order valence-electron chi connectivity index (χ1n) is 9.02. The van der Waals surface area contributed by atoms with Crippen molar-refractivity contribution in [1.29, 1.82) is 0 Å². The second kappa shape index (κ2) is 8.94. The third kappa shape index (κ3) is 4.79. The zero-order chi connectivity index (χ0) is 22.1. The smallest absolute Gasteiger partial charge is 0.255 e. The Balaban J connectivity index is 1.88. The molecular formula is C19H19ClF2N2O5S. The monoisotopic (exact) mass is 460 g/mol. The van der Waals surface area contributed by atoms with Gasteiger partial charge in [-0.25, -0.2) is 17.2 Å². The number of rotatable bonds is 4. The lowest BCUT2D eigenvalue weighted by Gasteiger charge is -2.23. The molecule has 2 atom stereocenters. The van der Waals surface area contributed by atoms with E-state index < -0.39 is 51.2 Å². The second-order valence-corrected chi connectivity index (χ2v) is 9.18. The van der Waals surface area contributed by atoms with Crippen LogP contribution in [0.15, 0.2) is 41.3 Å². The van der Waals surface area contributed by atoms with Crippen molar-refractivity contribution < 1.29 is 32.2 Å². The van der Waals surface area contributed by atoms with E-state index in [4.69, 9.17) is 11.6 Å². The molecule has 2 aromatic carbocycles. The van der Waals surface area contributed by atoms with Crippen LogP contribution >= 0.6 is 11.6 Å². The Morgan fingerprint density at radius 3 is 2.50 bits per heavy atom. The second-order valence-electron chi connectivity index (χ2n) is 6.87. The number of hydrogen-bond acceptors (Lipinski definition) is 5. The molecule has 1 heterocycles. The van der Waals surface area contributed by atoms with Crippen molar-refractivity contribution in [1.82, 2.24) is 4.31 Å². The topological polar surface area (TPSA) is 107 Å². The number of benzene rings is 2. The van der Waals surface area contributed by atoms with E-state index >= 15 is 0 Å². The van der Waals surface area contributed by atoms with Gasteiger partial charge in [-0.15, -0.1) is 0 Å². The van der Waals surface area contributed by atoms with Crippen LogP contribution in [0.4, 0.5) is 14.5 Å². The minimum absolute atomic E-state index is 0.0135. The summed E-state index contributed by atoms with van der Waals surface area (Å²) in [6.07, 6.45) is -1.89. The SMILES string of the molecule is O=C(Nc1ccc(F)c(Cl)c1)c1ccc(F)c(S(=O)(=O)N2CCCC(O)C(O)C2)c1. The minimum Gasteiger partial charge on any atom is -0.390 e. The van der Waals surface area contributed by atoms with Crippen molar-refractivity contribution in [3.05, 3.63) is 58.6 Å². The number of β-amino-alcohol motifs (C(OH)–C–C–N with tert-alkyl or cyclic N) is 1. The molecule has 0 aliphatic carbocycles. The molecule has 162 valence electrons. The van der Waals surface area contributed by atoms with Crippen molar-refractivity contribution in [2.75, 3.05) is 18.4 Å². The number of nitrogens with one attached hydrogen (secondary N) is 1. The molecule has 11 heteroatoms. The van der Waals surface area contributed by atoms with E-state index in [9.17, 15) is 32.2 Å². The molecule has 1 saturated heterocycles. The summed E-state index contributed by atoms with van der Waals surface area (Å²) in [4.78, 5) is 11.7. The summed E-state index contributed by atoms with van der Waals surface area (Å²) in [7, 11) is -4.38. The summed E-state index contributed by atoms with van der Waals surface area (Å²) in [6.45, 7) is -0.409. The van der Waals surface area contributed by atoms with E-state index in [0.29, 0.717) is 0 Å². The number of anilines is 1. The largest absolute Gasteiger partial charge is 0.390 e. The quantitative estimate of drug-likeness (QED) is 0.649. The van der Waals surface area contributed by atoms with Crippen LogP contribution < -0.4 is 5.32 Å². The highest BCUT2D eigenvalue weighted by Gasteiger charge is 2.33. The van der Waals surface area contributed by atoms with Crippen LogP contribution in [-0.2, 0) is 10.0 Å². The van der Waals surface area contributed by atoms with E-state index in [-0.39, 0.29) is 35.7 Å². The van der Waals surface area contributed by atoms with E-state index in [1.54, 1.807) is 0 Å². The Labute approximate surface area is 176 Å². The number of hydrogen-bond donors (Lipinski definition) is 3. The number of carbonyl (C=O) groups excluding carboxylic acids is 1. The predicted octanol–water partition coefficient (Wildman–Crippen LogP) is 2.38. The molecule has 1 aliphatic heterocycles. The average Bonchev–Trinajstić information content (AvgIpc) is 2.86. The number of amides is 1. The van der Waals surface area contributed by atoms with Crippen molar-refractivity contribution >= 4 is 33.2 Å². The third-order valence-corrected chi connectivity index (χ3v) is 6.90. The molecule has 30 heavy (non-hydrogen) atoms. The van der Waals surface area contributed by atoms with Crippen LogP contribution in [0.25, 0.3) is 0 Å². The van der Waals surface area contributed by atoms with Crippen LogP contribution in [0.3, 0.4) is 0 Å². The maximum absolute atomic E-state index is 14.4. The van der Waals surface area contributed by atoms with Gasteiger partial charge in [-0.1, -0.05) is 11.6 Å². The molecular weight excluding hydrogens is 442 g/mol. The lowest BCUT2D eigenvalue weighted by Crippen LogP contribution is -2.40. The van der Waals surface area contributed by atoms with E-state index in [1.807, 2.05) is 0 Å². The Bertz CT molecular complexity index is 1070. The van der Waals surface area contributed by atoms with Crippen LogP contribution in [0.5, 0.6) is 0 Å². The summed E-state index contributed by atoms with van der Waals surface area (Å²) in [6, 6.07) is 6.35. The normalized spacial score (nSPS) is 20.6. The first-order valence-corrected chi connectivity index (χ1v) is 10.8. The molecule has 7 nitrogen and oxygen atoms in total. The van der Waals surface area contributed by atoms with Gasteiger partial charge in [0, 0.05) is 24.3 Å². The molecule has 3 N–H and O–H groups in total. The minimum atomic E-state index is -4.38. The van der Waals surface area contributed by atoms with Gasteiger partial charge in [0.1, 0.15) is 16.5 Å². The van der Waals surface area contributed by atoms with E-state index in [1.165, 1.54) is 12.1 Å². The molecule has 2 unspecified atom stereocenters. The van der Waals surface area contributed by atoms with Gasteiger partial charge in [-0.3, -0.25) is 4.79 Å². The van der Waals surface area contributed by atoms with Crippen LogP contribution in [0.1, 0.15) is 23.2 Å². The van der Waals surface area contributed by atoms with Gasteiger partial charge < -0.3 is 15.5 Å². The fraction of sp³-hybridized carbons (Fsp3) is 0.316. The Morgan fingerprint density at radius 1 is 1.10 bits per heavy atom. The third-order valence-electron chi connectivity index (χ3n) is 4.73. The Kier molecular flexibility index (Phi) is 6.73. The van der Waals surface area contributed by atoms with Gasteiger partial charge in [0.15, 0.2) is 0 Å². The van der Waals surface area contributed by atoms with Gasteiger partial charge in [-0.2, -0.15) is 4.31 Å². The number of aliphatic hydroxyl groups is 2. The summed E-state index contributed by atoms with van der Waals surface area (Å²) >= 11 is 5.67. The first-order chi connectivity index (χ1) is 14.1. The van der Waals surface area contributed by atoms with Crippen molar-refractivity contribution in [2.24, 2.45) is 0 Å². The van der Waals surface area contributed by atoms with Crippen LogP contribution in [0, 0.1) is 11.6 Å². The molecule has 1 fully saturated rings. The van der Waals surface area contributed by atoms with Crippen LogP contribution in [0.2, 0.25) is 5.02 Å². The van der Waals surface area contributed by atoms with Gasteiger partial charge >= 0.3 is 0 Å². The van der Waals surface area contributed by atoms with Crippen molar-refractivity contribution in [3.63, 3.8) is 0 Å². The lowest BCUT2D eigenvalue weighted by atomic mass is 10.1. The Morgan fingerprint density at radius 2 is 1.80 bits per heavy atom. The van der Waals surface area contributed by atoms with E-state index in [2.05, 4.69) is 5.32 Å². The molecule has 0 radical (unpaired) electrons.